The van der Waals surface area contributed by atoms with E-state index in [1.807, 2.05) is 12.1 Å². The second-order valence-electron chi connectivity index (χ2n) is 9.56. The average Bonchev–Trinajstić information content (AvgIpc) is 3.30. The fourth-order valence-corrected chi connectivity index (χ4v) is 4.37. The first-order chi connectivity index (χ1) is 18.1. The molecule has 0 aliphatic carbocycles. The molecule has 0 unspecified atom stereocenters. The number of benzene rings is 3. The van der Waals surface area contributed by atoms with Crippen LogP contribution in [0.2, 0.25) is 0 Å². The van der Waals surface area contributed by atoms with Crippen molar-refractivity contribution in [2.24, 2.45) is 0 Å². The van der Waals surface area contributed by atoms with E-state index in [9.17, 15) is 18.4 Å². The number of carbonyl (C=O) groups is 2. The van der Waals surface area contributed by atoms with E-state index in [2.05, 4.69) is 41.6 Å². The minimum Gasteiger partial charge on any atom is -0.345 e. The summed E-state index contributed by atoms with van der Waals surface area (Å²) in [6, 6.07) is 18.6. The van der Waals surface area contributed by atoms with Gasteiger partial charge in [0.2, 0.25) is 5.91 Å². The highest BCUT2D eigenvalue weighted by Gasteiger charge is 2.18. The summed E-state index contributed by atoms with van der Waals surface area (Å²) >= 11 is 1.13. The highest BCUT2D eigenvalue weighted by Crippen LogP contribution is 2.24. The van der Waals surface area contributed by atoms with E-state index in [4.69, 9.17) is 0 Å². The highest BCUT2D eigenvalue weighted by molar-refractivity contribution is 7.99. The standard InChI is InChI=1S/C28H27F2N5O2S/c1-28(2,3)19-6-4-18(5-7-19)26(37)31-16-24-33-34-27(35(24)23-14-10-21(30)11-15-23)38-17-25(36)32-22-12-8-20(29)9-13-22/h4-15H,16-17H2,1-3H3,(H,31,37)(H,32,36). The second kappa shape index (κ2) is 11.6. The Balaban J connectivity index is 1.48. The van der Waals surface area contributed by atoms with Crippen LogP contribution in [0.3, 0.4) is 0 Å². The van der Waals surface area contributed by atoms with Gasteiger partial charge in [0.15, 0.2) is 11.0 Å². The molecule has 196 valence electrons. The largest absolute Gasteiger partial charge is 0.345 e. The maximum Gasteiger partial charge on any atom is 0.251 e. The van der Waals surface area contributed by atoms with E-state index in [-0.39, 0.29) is 29.5 Å². The van der Waals surface area contributed by atoms with Gasteiger partial charge in [-0.2, -0.15) is 0 Å². The lowest BCUT2D eigenvalue weighted by molar-refractivity contribution is -0.113. The van der Waals surface area contributed by atoms with Crippen molar-refractivity contribution in [2.45, 2.75) is 37.9 Å². The molecule has 0 saturated carbocycles. The molecule has 1 aromatic heterocycles. The molecule has 0 aliphatic rings. The molecule has 38 heavy (non-hydrogen) atoms. The third kappa shape index (κ3) is 6.83. The summed E-state index contributed by atoms with van der Waals surface area (Å²) in [6.07, 6.45) is 0. The number of hydrogen-bond acceptors (Lipinski definition) is 5. The molecule has 4 aromatic rings. The van der Waals surface area contributed by atoms with E-state index in [1.165, 1.54) is 36.4 Å². The molecule has 0 radical (unpaired) electrons. The molecule has 2 amide bonds. The van der Waals surface area contributed by atoms with Gasteiger partial charge in [-0.25, -0.2) is 8.78 Å². The van der Waals surface area contributed by atoms with E-state index in [0.717, 1.165) is 17.3 Å². The fraction of sp³-hybridized carbons (Fsp3) is 0.214. The molecule has 7 nitrogen and oxygen atoms in total. The van der Waals surface area contributed by atoms with Gasteiger partial charge in [-0.15, -0.1) is 10.2 Å². The van der Waals surface area contributed by atoms with Gasteiger partial charge in [-0.1, -0.05) is 44.7 Å². The number of aromatic nitrogens is 3. The number of anilines is 1. The van der Waals surface area contributed by atoms with Crippen molar-refractivity contribution in [3.63, 3.8) is 0 Å². The lowest BCUT2D eigenvalue weighted by atomic mass is 9.87. The molecule has 3 aromatic carbocycles. The summed E-state index contributed by atoms with van der Waals surface area (Å²) in [6.45, 7) is 6.37. The Labute approximate surface area is 223 Å². The first-order valence-corrected chi connectivity index (χ1v) is 12.9. The van der Waals surface area contributed by atoms with Gasteiger partial charge in [0.25, 0.3) is 5.91 Å². The van der Waals surface area contributed by atoms with Crippen LogP contribution in [-0.4, -0.2) is 32.3 Å². The molecule has 0 atom stereocenters. The Bertz CT molecular complexity index is 1410. The number of hydrogen-bond donors (Lipinski definition) is 2. The van der Waals surface area contributed by atoms with Crippen molar-refractivity contribution in [1.82, 2.24) is 20.1 Å². The van der Waals surface area contributed by atoms with Gasteiger partial charge in [0.1, 0.15) is 11.6 Å². The summed E-state index contributed by atoms with van der Waals surface area (Å²) in [5, 5.41) is 14.3. The first kappa shape index (κ1) is 27.0. The van der Waals surface area contributed by atoms with Crippen molar-refractivity contribution in [3.8, 4) is 5.69 Å². The maximum absolute atomic E-state index is 13.6. The number of amides is 2. The van der Waals surface area contributed by atoms with Crippen molar-refractivity contribution >= 4 is 29.3 Å². The fourth-order valence-electron chi connectivity index (χ4n) is 3.60. The van der Waals surface area contributed by atoms with Gasteiger partial charge in [0.05, 0.1) is 12.3 Å². The smallest absolute Gasteiger partial charge is 0.251 e. The van der Waals surface area contributed by atoms with Crippen molar-refractivity contribution in [1.29, 1.82) is 0 Å². The van der Waals surface area contributed by atoms with Crippen LogP contribution >= 0.6 is 11.8 Å². The lowest BCUT2D eigenvalue weighted by Crippen LogP contribution is -2.25. The molecule has 0 saturated heterocycles. The normalized spacial score (nSPS) is 11.3. The minimum atomic E-state index is -0.400. The van der Waals surface area contributed by atoms with E-state index in [1.54, 1.807) is 28.8 Å². The highest BCUT2D eigenvalue weighted by atomic mass is 32.2. The number of nitrogens with zero attached hydrogens (tertiary/aromatic N) is 3. The second-order valence-corrected chi connectivity index (χ2v) is 10.5. The maximum atomic E-state index is 13.6. The number of rotatable bonds is 8. The summed E-state index contributed by atoms with van der Waals surface area (Å²) in [7, 11) is 0. The molecule has 4 rings (SSSR count). The molecule has 0 fully saturated rings. The lowest BCUT2D eigenvalue weighted by Gasteiger charge is -2.19. The van der Waals surface area contributed by atoms with Gasteiger partial charge in [-0.3, -0.25) is 14.2 Å². The molecule has 0 spiro atoms. The zero-order valence-corrected chi connectivity index (χ0v) is 22.0. The van der Waals surface area contributed by atoms with Crippen molar-refractivity contribution < 1.29 is 18.4 Å². The van der Waals surface area contributed by atoms with E-state index in [0.29, 0.717) is 27.9 Å². The minimum absolute atomic E-state index is 0.00316. The Morgan fingerprint density at radius 1 is 0.868 bits per heavy atom. The van der Waals surface area contributed by atoms with Crippen LogP contribution in [0.15, 0.2) is 78.0 Å². The van der Waals surface area contributed by atoms with Crippen molar-refractivity contribution in [3.05, 3.63) is 101 Å². The first-order valence-electron chi connectivity index (χ1n) is 11.9. The summed E-state index contributed by atoms with van der Waals surface area (Å²) in [5.74, 6) is -0.966. The van der Waals surface area contributed by atoms with Crippen LogP contribution in [0.25, 0.3) is 5.69 Å². The Morgan fingerprint density at radius 2 is 1.47 bits per heavy atom. The number of halogens is 2. The monoisotopic (exact) mass is 535 g/mol. The Morgan fingerprint density at radius 3 is 2.08 bits per heavy atom. The molecule has 0 bridgehead atoms. The zero-order valence-electron chi connectivity index (χ0n) is 21.2. The molecule has 0 aliphatic heterocycles. The van der Waals surface area contributed by atoms with Gasteiger partial charge >= 0.3 is 0 Å². The van der Waals surface area contributed by atoms with Gasteiger partial charge < -0.3 is 10.6 Å². The molecular formula is C28H27F2N5O2S. The van der Waals surface area contributed by atoms with E-state index >= 15 is 0 Å². The SMILES string of the molecule is CC(C)(C)c1ccc(C(=O)NCc2nnc(SCC(=O)Nc3ccc(F)cc3)n2-c2ccc(F)cc2)cc1. The van der Waals surface area contributed by atoms with Crippen LogP contribution in [0, 0.1) is 11.6 Å². The summed E-state index contributed by atoms with van der Waals surface area (Å²) in [4.78, 5) is 25.2. The van der Waals surface area contributed by atoms with Crippen LogP contribution < -0.4 is 10.6 Å². The summed E-state index contributed by atoms with van der Waals surface area (Å²) in [5.41, 5.74) is 2.66. The summed E-state index contributed by atoms with van der Waals surface area (Å²) < 4.78 is 28.4. The zero-order chi connectivity index (χ0) is 27.3. The third-order valence-corrected chi connectivity index (χ3v) is 6.59. The number of carbonyl (C=O) groups excluding carboxylic acids is 2. The van der Waals surface area contributed by atoms with Crippen molar-refractivity contribution in [2.75, 3.05) is 11.1 Å². The molecular weight excluding hydrogens is 508 g/mol. The average molecular weight is 536 g/mol. The van der Waals surface area contributed by atoms with Gasteiger partial charge in [0, 0.05) is 16.9 Å². The van der Waals surface area contributed by atoms with Crippen LogP contribution in [0.5, 0.6) is 0 Å². The topological polar surface area (TPSA) is 88.9 Å². The molecule has 1 heterocycles. The molecule has 2 N–H and O–H groups in total. The molecule has 10 heteroatoms. The predicted octanol–water partition coefficient (Wildman–Crippen LogP) is 5.50. The Hall–Kier alpha value is -4.05. The quantitative estimate of drug-likeness (QED) is 0.291. The van der Waals surface area contributed by atoms with Crippen LogP contribution in [0.1, 0.15) is 42.5 Å². The predicted molar refractivity (Wildman–Crippen MR) is 143 cm³/mol. The Kier molecular flexibility index (Phi) is 8.21. The number of thioether (sulfide) groups is 1. The van der Waals surface area contributed by atoms with Gasteiger partial charge in [-0.05, 0) is 71.6 Å². The van der Waals surface area contributed by atoms with Crippen LogP contribution in [0.4, 0.5) is 14.5 Å². The van der Waals surface area contributed by atoms with E-state index < -0.39 is 11.6 Å². The number of nitrogens with one attached hydrogen (secondary N) is 2. The third-order valence-electron chi connectivity index (χ3n) is 5.67. The van der Waals surface area contributed by atoms with Crippen LogP contribution in [-0.2, 0) is 16.8 Å².